The molecule has 1 aliphatic rings. The lowest BCUT2D eigenvalue weighted by Crippen LogP contribution is -2.29. The summed E-state index contributed by atoms with van der Waals surface area (Å²) in [5.41, 5.74) is 18.5. The highest BCUT2D eigenvalue weighted by Gasteiger charge is 2.50. The lowest BCUT2D eigenvalue weighted by molar-refractivity contribution is 0.590. The summed E-state index contributed by atoms with van der Waals surface area (Å²) in [5.74, 6) is 0. The number of rotatable bonds is 9. The fourth-order valence-corrected chi connectivity index (χ4v) is 15.2. The number of nitrogens with zero attached hydrogens (tertiary/aromatic N) is 2. The van der Waals surface area contributed by atoms with Gasteiger partial charge in [0.1, 0.15) is 0 Å². The lowest BCUT2D eigenvalue weighted by atomic mass is 9.67. The maximum Gasteiger partial charge on any atom is 0.0715 e. The van der Waals surface area contributed by atoms with Gasteiger partial charge in [0.2, 0.25) is 0 Å². The first kappa shape index (κ1) is 48.8. The molecule has 2 aromatic heterocycles. The monoisotopic (exact) mass is 1050 g/mol. The molecule has 14 rings (SSSR count). The topological polar surface area (TPSA) is 6.48 Å². The summed E-state index contributed by atoms with van der Waals surface area (Å²) >= 11 is 3.85. The third kappa shape index (κ3) is 7.87. The molecule has 0 saturated heterocycles. The minimum Gasteiger partial charge on any atom is -0.309 e. The molecule has 11 aromatic carbocycles. The van der Waals surface area contributed by atoms with Gasteiger partial charge in [-0.2, -0.15) is 0 Å². The minimum absolute atomic E-state index is 0.00499. The molecule has 0 fully saturated rings. The molecule has 79 heavy (non-hydrogen) atoms. The Labute approximate surface area is 472 Å². The van der Waals surface area contributed by atoms with Crippen LogP contribution in [0.4, 0.5) is 34.1 Å². The van der Waals surface area contributed by atoms with E-state index < -0.39 is 5.41 Å². The van der Waals surface area contributed by atoms with Gasteiger partial charge >= 0.3 is 0 Å². The SMILES string of the molecule is CC(C)(C)c1ccc(N(c2ccccc2)c2cc3c(c4c2sc2ccccc24)-c2c(cc(N(c4ccccc4)c4ccc(C(C)(C)C)cc4-c4ccccc4)c4c2sc2ccccc24)C3(c2ccccc2)c2ccccc2)cc1. The van der Waals surface area contributed by atoms with E-state index in [2.05, 4.69) is 306 Å². The van der Waals surface area contributed by atoms with Crippen LogP contribution in [0.1, 0.15) is 74.9 Å². The fraction of sp³-hybridized carbons (Fsp3) is 0.120. The van der Waals surface area contributed by atoms with Crippen molar-refractivity contribution < 1.29 is 0 Å². The number of anilines is 6. The Morgan fingerprint density at radius 3 is 1.35 bits per heavy atom. The summed E-state index contributed by atoms with van der Waals surface area (Å²) in [6, 6.07) is 95.9. The summed E-state index contributed by atoms with van der Waals surface area (Å²) in [6.45, 7) is 13.8. The smallest absolute Gasteiger partial charge is 0.0715 e. The first-order valence-electron chi connectivity index (χ1n) is 27.6. The van der Waals surface area contributed by atoms with Crippen LogP contribution in [0.3, 0.4) is 0 Å². The molecular formula is C75H60N2S2. The van der Waals surface area contributed by atoms with Gasteiger partial charge < -0.3 is 9.80 Å². The predicted molar refractivity (Wildman–Crippen MR) is 342 cm³/mol. The first-order valence-corrected chi connectivity index (χ1v) is 29.2. The summed E-state index contributed by atoms with van der Waals surface area (Å²) < 4.78 is 5.09. The van der Waals surface area contributed by atoms with Crippen LogP contribution in [0.5, 0.6) is 0 Å². The number of hydrogen-bond acceptors (Lipinski definition) is 4. The van der Waals surface area contributed by atoms with E-state index in [1.165, 1.54) is 102 Å². The van der Waals surface area contributed by atoms with E-state index in [4.69, 9.17) is 0 Å². The van der Waals surface area contributed by atoms with Crippen LogP contribution in [-0.2, 0) is 16.2 Å². The van der Waals surface area contributed by atoms with Gasteiger partial charge in [0.15, 0.2) is 0 Å². The Morgan fingerprint density at radius 1 is 0.342 bits per heavy atom. The molecule has 0 N–H and O–H groups in total. The molecule has 0 atom stereocenters. The molecule has 0 aliphatic heterocycles. The van der Waals surface area contributed by atoms with Gasteiger partial charge in [-0.25, -0.2) is 0 Å². The zero-order valence-corrected chi connectivity index (χ0v) is 47.1. The van der Waals surface area contributed by atoms with Crippen molar-refractivity contribution in [2.75, 3.05) is 9.80 Å². The molecule has 0 amide bonds. The average molecular weight is 1050 g/mol. The molecular weight excluding hydrogens is 993 g/mol. The number of fused-ring (bicyclic) bond motifs is 11. The summed E-state index contributed by atoms with van der Waals surface area (Å²) in [4.78, 5) is 5.11. The van der Waals surface area contributed by atoms with Crippen molar-refractivity contribution in [2.45, 2.75) is 57.8 Å². The summed E-state index contributed by atoms with van der Waals surface area (Å²) in [7, 11) is 0. The number of para-hydroxylation sites is 2. The van der Waals surface area contributed by atoms with Gasteiger partial charge in [0.05, 0.1) is 27.2 Å². The second-order valence-electron chi connectivity index (χ2n) is 23.2. The van der Waals surface area contributed by atoms with Crippen LogP contribution >= 0.6 is 22.7 Å². The Balaban J connectivity index is 1.19. The number of benzene rings is 11. The Morgan fingerprint density at radius 2 is 0.785 bits per heavy atom. The second-order valence-corrected chi connectivity index (χ2v) is 25.3. The third-order valence-electron chi connectivity index (χ3n) is 16.4. The normalized spacial score (nSPS) is 13.0. The van der Waals surface area contributed by atoms with E-state index >= 15 is 0 Å². The van der Waals surface area contributed by atoms with Crippen molar-refractivity contribution in [1.82, 2.24) is 0 Å². The Kier molecular flexibility index (Phi) is 11.6. The molecule has 1 aliphatic carbocycles. The molecule has 13 aromatic rings. The fourth-order valence-electron chi connectivity index (χ4n) is 12.7. The van der Waals surface area contributed by atoms with E-state index in [9.17, 15) is 0 Å². The largest absolute Gasteiger partial charge is 0.309 e. The van der Waals surface area contributed by atoms with Crippen LogP contribution < -0.4 is 9.80 Å². The highest BCUT2D eigenvalue weighted by Crippen LogP contribution is 2.66. The van der Waals surface area contributed by atoms with Gasteiger partial charge in [-0.05, 0) is 128 Å². The van der Waals surface area contributed by atoms with E-state index in [1.54, 1.807) is 0 Å². The van der Waals surface area contributed by atoms with Crippen LogP contribution in [0.2, 0.25) is 0 Å². The Hall–Kier alpha value is -8.54. The van der Waals surface area contributed by atoms with Crippen molar-refractivity contribution >= 4 is 97.1 Å². The van der Waals surface area contributed by atoms with Gasteiger partial charge in [-0.15, -0.1) is 22.7 Å². The zero-order valence-electron chi connectivity index (χ0n) is 45.5. The van der Waals surface area contributed by atoms with Crippen molar-refractivity contribution in [3.05, 3.63) is 288 Å². The highest BCUT2D eigenvalue weighted by molar-refractivity contribution is 7.27. The molecule has 4 heteroatoms. The average Bonchev–Trinajstić information content (AvgIpc) is 3.61. The quantitative estimate of drug-likeness (QED) is 0.142. The standard InChI is InChI=1S/C75H60N2S2/c1-73(2,3)50-40-43-56(44-41-50)76(54-32-18-10-19-33-54)64-48-60-69(68-58-37-23-25-39-66(58)78-71(64)68)70-61(75(60,51-28-14-8-15-29-51)52-30-16-9-17-31-52)47-63(67-57-36-22-24-38-65(57)79-72(67)70)77(55-34-20-11-21-35-55)62-45-42-53(74(4,5)6)46-59(62)49-26-12-7-13-27-49/h7-48H,1-6H3. The molecule has 0 radical (unpaired) electrons. The van der Waals surface area contributed by atoms with Gasteiger partial charge in [-0.3, -0.25) is 0 Å². The molecule has 0 unspecified atom stereocenters. The van der Waals surface area contributed by atoms with Crippen molar-refractivity contribution in [2.24, 2.45) is 0 Å². The molecule has 0 bridgehead atoms. The van der Waals surface area contributed by atoms with Crippen LogP contribution in [0.15, 0.2) is 255 Å². The zero-order chi connectivity index (χ0) is 53.6. The lowest BCUT2D eigenvalue weighted by Gasteiger charge is -2.36. The van der Waals surface area contributed by atoms with Crippen LogP contribution in [-0.4, -0.2) is 0 Å². The van der Waals surface area contributed by atoms with E-state index in [-0.39, 0.29) is 10.8 Å². The molecule has 2 nitrogen and oxygen atoms in total. The van der Waals surface area contributed by atoms with E-state index in [1.807, 2.05) is 22.7 Å². The molecule has 0 saturated carbocycles. The molecule has 382 valence electrons. The number of thiophene rings is 2. The van der Waals surface area contributed by atoms with E-state index in [0.29, 0.717) is 0 Å². The summed E-state index contributed by atoms with van der Waals surface area (Å²) in [6.07, 6.45) is 0. The third-order valence-corrected chi connectivity index (χ3v) is 18.8. The van der Waals surface area contributed by atoms with Gasteiger partial charge in [0, 0.05) is 63.8 Å². The highest BCUT2D eigenvalue weighted by atomic mass is 32.1. The van der Waals surface area contributed by atoms with Crippen LogP contribution in [0, 0.1) is 0 Å². The van der Waals surface area contributed by atoms with Gasteiger partial charge in [-0.1, -0.05) is 224 Å². The first-order chi connectivity index (χ1) is 38.5. The second kappa shape index (κ2) is 18.8. The number of hydrogen-bond donors (Lipinski definition) is 0. The van der Waals surface area contributed by atoms with Gasteiger partial charge in [0.25, 0.3) is 0 Å². The molecule has 0 spiro atoms. The van der Waals surface area contributed by atoms with Crippen molar-refractivity contribution in [3.63, 3.8) is 0 Å². The minimum atomic E-state index is -0.780. The predicted octanol–water partition coefficient (Wildman–Crippen LogP) is 22.0. The maximum absolute atomic E-state index is 2.62. The van der Waals surface area contributed by atoms with Crippen LogP contribution in [0.25, 0.3) is 62.6 Å². The Bertz CT molecular complexity index is 4370. The molecule has 2 heterocycles. The van der Waals surface area contributed by atoms with Crippen molar-refractivity contribution in [3.8, 4) is 22.3 Å². The van der Waals surface area contributed by atoms with Crippen molar-refractivity contribution in [1.29, 1.82) is 0 Å². The maximum atomic E-state index is 2.62. The summed E-state index contributed by atoms with van der Waals surface area (Å²) in [5, 5.41) is 5.08. The van der Waals surface area contributed by atoms with E-state index in [0.717, 1.165) is 28.4 Å².